The number of hydrogen-bond acceptors (Lipinski definition) is 4. The Morgan fingerprint density at radius 1 is 1.00 bits per heavy atom. The molecule has 1 aromatic carbocycles. The number of carbonyl (C=O) groups excluding carboxylic acids is 1. The van der Waals surface area contributed by atoms with E-state index < -0.39 is 0 Å². The van der Waals surface area contributed by atoms with E-state index in [1.807, 2.05) is 4.90 Å². The molecule has 0 spiro atoms. The van der Waals surface area contributed by atoms with Gasteiger partial charge in [0.05, 0.1) is 11.4 Å². The van der Waals surface area contributed by atoms with Crippen LogP contribution in [0.5, 0.6) is 0 Å². The first-order valence-electron chi connectivity index (χ1n) is 8.98. The average Bonchev–Trinajstić information content (AvgIpc) is 2.74. The molecule has 3 heterocycles. The molecule has 5 nitrogen and oxygen atoms in total. The molecule has 2 aromatic heterocycles. The Labute approximate surface area is 156 Å². The highest BCUT2D eigenvalue weighted by molar-refractivity contribution is 5.94. The second-order valence-electron chi connectivity index (χ2n) is 6.62. The van der Waals surface area contributed by atoms with Crippen molar-refractivity contribution in [1.29, 1.82) is 0 Å². The second kappa shape index (κ2) is 7.61. The first kappa shape index (κ1) is 17.3. The average molecular weight is 362 g/mol. The predicted octanol–water partition coefficient (Wildman–Crippen LogP) is 3.70. The highest BCUT2D eigenvalue weighted by atomic mass is 19.1. The van der Waals surface area contributed by atoms with Crippen LogP contribution in [0.25, 0.3) is 11.3 Å². The summed E-state index contributed by atoms with van der Waals surface area (Å²) < 4.78 is 13.3. The molecular weight excluding hydrogens is 343 g/mol. The Bertz CT molecular complexity index is 930. The van der Waals surface area contributed by atoms with Crippen molar-refractivity contribution in [2.45, 2.75) is 18.8 Å². The molecule has 0 unspecified atom stereocenters. The van der Waals surface area contributed by atoms with E-state index in [0.717, 1.165) is 36.3 Å². The number of piperidine rings is 1. The highest BCUT2D eigenvalue weighted by Gasteiger charge is 2.28. The Hall–Kier alpha value is -3.15. The summed E-state index contributed by atoms with van der Waals surface area (Å²) in [5.41, 5.74) is 3.08. The normalized spacial score (nSPS) is 16.9. The van der Waals surface area contributed by atoms with Gasteiger partial charge in [-0.1, -0.05) is 0 Å². The van der Waals surface area contributed by atoms with Gasteiger partial charge in [0.15, 0.2) is 0 Å². The van der Waals surface area contributed by atoms with Gasteiger partial charge < -0.3 is 4.90 Å². The van der Waals surface area contributed by atoms with Crippen molar-refractivity contribution < 1.29 is 9.18 Å². The van der Waals surface area contributed by atoms with E-state index in [1.165, 1.54) is 12.1 Å². The molecule has 0 saturated carbocycles. The topological polar surface area (TPSA) is 59.0 Å². The Morgan fingerprint density at radius 2 is 1.74 bits per heavy atom. The SMILES string of the molecule is O=C(c1ccncc1)N1CCC[C@@H](c2nccnc2-c2ccc(F)cc2)C1. The van der Waals surface area contributed by atoms with Gasteiger partial charge in [-0.05, 0) is 49.2 Å². The summed E-state index contributed by atoms with van der Waals surface area (Å²) in [5.74, 6) is -0.177. The molecule has 0 aliphatic carbocycles. The van der Waals surface area contributed by atoms with Gasteiger partial charge in [-0.2, -0.15) is 0 Å². The number of nitrogens with zero attached hydrogens (tertiary/aromatic N) is 4. The lowest BCUT2D eigenvalue weighted by atomic mass is 9.91. The van der Waals surface area contributed by atoms with Gasteiger partial charge in [0.1, 0.15) is 5.82 Å². The number of benzene rings is 1. The van der Waals surface area contributed by atoms with Crippen LogP contribution >= 0.6 is 0 Å². The summed E-state index contributed by atoms with van der Waals surface area (Å²) in [4.78, 5) is 27.7. The van der Waals surface area contributed by atoms with Crippen molar-refractivity contribution >= 4 is 5.91 Å². The Morgan fingerprint density at radius 3 is 2.52 bits per heavy atom. The number of rotatable bonds is 3. The first-order valence-corrected chi connectivity index (χ1v) is 8.98. The van der Waals surface area contributed by atoms with Gasteiger partial charge in [0.25, 0.3) is 5.91 Å². The van der Waals surface area contributed by atoms with E-state index in [2.05, 4.69) is 15.0 Å². The molecule has 3 aromatic rings. The van der Waals surface area contributed by atoms with Gasteiger partial charge >= 0.3 is 0 Å². The minimum atomic E-state index is -0.282. The molecule has 0 radical (unpaired) electrons. The third-order valence-electron chi connectivity index (χ3n) is 4.87. The van der Waals surface area contributed by atoms with Gasteiger partial charge in [0.2, 0.25) is 0 Å². The molecule has 6 heteroatoms. The summed E-state index contributed by atoms with van der Waals surface area (Å²) in [6.07, 6.45) is 8.42. The number of hydrogen-bond donors (Lipinski definition) is 0. The number of amides is 1. The van der Waals surface area contributed by atoms with Crippen LogP contribution in [0.15, 0.2) is 61.2 Å². The lowest BCUT2D eigenvalue weighted by molar-refractivity contribution is 0.0706. The minimum absolute atomic E-state index is 0.00863. The zero-order valence-electron chi connectivity index (χ0n) is 14.8. The van der Waals surface area contributed by atoms with Crippen LogP contribution in [0.2, 0.25) is 0 Å². The number of pyridine rings is 1. The standard InChI is InChI=1S/C21H19FN4O/c22-18-5-3-15(4-6-18)19-20(25-12-11-24-19)17-2-1-13-26(14-17)21(27)16-7-9-23-10-8-16/h3-12,17H,1-2,13-14H2/t17-/m1/s1. The fourth-order valence-corrected chi connectivity index (χ4v) is 3.54. The predicted molar refractivity (Wildman–Crippen MR) is 99.5 cm³/mol. The van der Waals surface area contributed by atoms with Crippen molar-refractivity contribution in [3.8, 4) is 11.3 Å². The van der Waals surface area contributed by atoms with Crippen molar-refractivity contribution in [2.75, 3.05) is 13.1 Å². The second-order valence-corrected chi connectivity index (χ2v) is 6.62. The van der Waals surface area contributed by atoms with E-state index in [-0.39, 0.29) is 17.6 Å². The molecule has 0 N–H and O–H groups in total. The summed E-state index contributed by atoms with van der Waals surface area (Å²) in [6, 6.07) is 9.75. The largest absolute Gasteiger partial charge is 0.338 e. The van der Waals surface area contributed by atoms with Crippen LogP contribution in [0, 0.1) is 5.82 Å². The van der Waals surface area contributed by atoms with E-state index in [1.54, 1.807) is 49.1 Å². The lowest BCUT2D eigenvalue weighted by Gasteiger charge is -2.33. The first-order chi connectivity index (χ1) is 13.2. The number of carbonyl (C=O) groups is 1. The number of aromatic nitrogens is 3. The summed E-state index contributed by atoms with van der Waals surface area (Å²) >= 11 is 0. The maximum absolute atomic E-state index is 13.3. The molecule has 1 saturated heterocycles. The van der Waals surface area contributed by atoms with Gasteiger partial charge in [-0.25, -0.2) is 4.39 Å². The quantitative estimate of drug-likeness (QED) is 0.713. The Balaban J connectivity index is 1.60. The summed E-state index contributed by atoms with van der Waals surface area (Å²) in [7, 11) is 0. The fourth-order valence-electron chi connectivity index (χ4n) is 3.54. The maximum Gasteiger partial charge on any atom is 0.253 e. The molecule has 1 aliphatic rings. The third-order valence-corrected chi connectivity index (χ3v) is 4.87. The molecule has 1 atom stereocenters. The minimum Gasteiger partial charge on any atom is -0.338 e. The molecule has 136 valence electrons. The number of halogens is 1. The third kappa shape index (κ3) is 3.69. The monoisotopic (exact) mass is 362 g/mol. The van der Waals surface area contributed by atoms with Crippen molar-refractivity contribution in [3.05, 3.63) is 78.3 Å². The van der Waals surface area contributed by atoms with E-state index in [4.69, 9.17) is 0 Å². The smallest absolute Gasteiger partial charge is 0.253 e. The highest BCUT2D eigenvalue weighted by Crippen LogP contribution is 2.32. The number of likely N-dealkylation sites (tertiary alicyclic amines) is 1. The lowest BCUT2D eigenvalue weighted by Crippen LogP contribution is -2.39. The zero-order valence-corrected chi connectivity index (χ0v) is 14.8. The zero-order chi connectivity index (χ0) is 18.6. The van der Waals surface area contributed by atoms with Crippen molar-refractivity contribution in [1.82, 2.24) is 19.9 Å². The van der Waals surface area contributed by atoms with Crippen LogP contribution in [0.4, 0.5) is 4.39 Å². The van der Waals surface area contributed by atoms with Crippen molar-refractivity contribution in [3.63, 3.8) is 0 Å². The van der Waals surface area contributed by atoms with Crippen molar-refractivity contribution in [2.24, 2.45) is 0 Å². The van der Waals surface area contributed by atoms with Gasteiger partial charge in [0, 0.05) is 54.9 Å². The molecular formula is C21H19FN4O. The van der Waals surface area contributed by atoms with Crippen LogP contribution < -0.4 is 0 Å². The summed E-state index contributed by atoms with van der Waals surface area (Å²) in [6.45, 7) is 1.32. The van der Waals surface area contributed by atoms with E-state index in [9.17, 15) is 9.18 Å². The van der Waals surface area contributed by atoms with Gasteiger partial charge in [-0.3, -0.25) is 19.7 Å². The molecule has 1 aliphatic heterocycles. The van der Waals surface area contributed by atoms with Crippen LogP contribution in [-0.4, -0.2) is 38.8 Å². The van der Waals surface area contributed by atoms with Crippen LogP contribution in [-0.2, 0) is 0 Å². The fraction of sp³-hybridized carbons (Fsp3) is 0.238. The maximum atomic E-state index is 13.3. The molecule has 0 bridgehead atoms. The van der Waals surface area contributed by atoms with Gasteiger partial charge in [-0.15, -0.1) is 0 Å². The molecule has 4 rings (SSSR count). The Kier molecular flexibility index (Phi) is 4.87. The van der Waals surface area contributed by atoms with E-state index in [0.29, 0.717) is 12.1 Å². The summed E-state index contributed by atoms with van der Waals surface area (Å²) in [5, 5.41) is 0. The van der Waals surface area contributed by atoms with Crippen LogP contribution in [0.3, 0.4) is 0 Å². The molecule has 1 amide bonds. The molecule has 27 heavy (non-hydrogen) atoms. The molecule has 1 fully saturated rings. The van der Waals surface area contributed by atoms with E-state index >= 15 is 0 Å². The van der Waals surface area contributed by atoms with Crippen LogP contribution in [0.1, 0.15) is 34.8 Å².